The molecule has 0 radical (unpaired) electrons. The fourth-order valence-electron chi connectivity index (χ4n) is 2.10. The van der Waals surface area contributed by atoms with Gasteiger partial charge in [0, 0.05) is 17.8 Å². The summed E-state index contributed by atoms with van der Waals surface area (Å²) in [6, 6.07) is 8.35. The van der Waals surface area contributed by atoms with E-state index in [1.165, 1.54) is 44.4 Å². The average Bonchev–Trinajstić information content (AvgIpc) is 2.61. The molecule has 2 aromatic rings. The minimum Gasteiger partial charge on any atom is -0.495 e. The third-order valence-corrected chi connectivity index (χ3v) is 6.65. The van der Waals surface area contributed by atoms with Crippen molar-refractivity contribution >= 4 is 31.2 Å². The van der Waals surface area contributed by atoms with Gasteiger partial charge in [0.15, 0.2) is 9.84 Å². The van der Waals surface area contributed by atoms with E-state index in [1.807, 2.05) is 0 Å². The maximum atomic E-state index is 12.6. The molecule has 2 aromatic carbocycles. The number of hydrogen-bond acceptors (Lipinski definition) is 7. The Bertz CT molecular complexity index is 1030. The van der Waals surface area contributed by atoms with Crippen LogP contribution in [0.2, 0.25) is 0 Å². The summed E-state index contributed by atoms with van der Waals surface area (Å²) in [6.45, 7) is 1.50. The van der Waals surface area contributed by atoms with Gasteiger partial charge >= 0.3 is 0 Å². The molecular weight excluding hydrogens is 384 g/mol. The van der Waals surface area contributed by atoms with Crippen LogP contribution in [0.5, 0.6) is 5.75 Å². The molecule has 0 unspecified atom stereocenters. The number of hydrogen-bond donors (Lipinski definition) is 1. The van der Waals surface area contributed by atoms with Crippen molar-refractivity contribution in [1.29, 1.82) is 0 Å². The van der Waals surface area contributed by atoms with Gasteiger partial charge < -0.3 is 4.74 Å². The lowest BCUT2D eigenvalue weighted by atomic mass is 10.3. The molecule has 0 heterocycles. The van der Waals surface area contributed by atoms with Crippen LogP contribution in [0.3, 0.4) is 0 Å². The molecule has 2 rings (SSSR count). The molecule has 0 aliphatic rings. The topological polar surface area (TPSA) is 133 Å². The van der Waals surface area contributed by atoms with Crippen molar-refractivity contribution in [3.8, 4) is 5.75 Å². The SMILES string of the molecule is CCS(=O)(=O)c1ccc(NS(=O)(=O)c2cc([N+](=O)[O-])ccc2OC)cc1. The molecule has 0 atom stereocenters. The fraction of sp³-hybridized carbons (Fsp3) is 0.200. The molecule has 1 N–H and O–H groups in total. The molecule has 0 saturated carbocycles. The van der Waals surface area contributed by atoms with Gasteiger partial charge in [-0.15, -0.1) is 0 Å². The number of sulfone groups is 1. The molecule has 0 fully saturated rings. The van der Waals surface area contributed by atoms with Crippen LogP contribution in [-0.4, -0.2) is 34.6 Å². The highest BCUT2D eigenvalue weighted by atomic mass is 32.2. The van der Waals surface area contributed by atoms with Gasteiger partial charge in [0.1, 0.15) is 10.6 Å². The summed E-state index contributed by atoms with van der Waals surface area (Å²) in [5.74, 6) is -0.142. The number of methoxy groups -OCH3 is 1. The molecular formula is C15H16N2O7S2. The number of nitro groups is 1. The number of anilines is 1. The number of nitrogens with one attached hydrogen (secondary N) is 1. The minimum absolute atomic E-state index is 0.0618. The Morgan fingerprint density at radius 1 is 1.08 bits per heavy atom. The van der Waals surface area contributed by atoms with Gasteiger partial charge in [-0.1, -0.05) is 6.92 Å². The van der Waals surface area contributed by atoms with Crippen molar-refractivity contribution in [1.82, 2.24) is 0 Å². The maximum Gasteiger partial charge on any atom is 0.271 e. The van der Waals surface area contributed by atoms with Crippen LogP contribution in [0.1, 0.15) is 6.92 Å². The Labute approximate surface area is 150 Å². The van der Waals surface area contributed by atoms with E-state index in [0.29, 0.717) is 0 Å². The Morgan fingerprint density at radius 2 is 1.69 bits per heavy atom. The predicted molar refractivity (Wildman–Crippen MR) is 94.6 cm³/mol. The second kappa shape index (κ2) is 7.30. The van der Waals surface area contributed by atoms with Crippen molar-refractivity contribution in [2.24, 2.45) is 0 Å². The summed E-state index contributed by atoms with van der Waals surface area (Å²) in [5, 5.41) is 10.9. The fourth-order valence-corrected chi connectivity index (χ4v) is 4.23. The van der Waals surface area contributed by atoms with Crippen LogP contribution >= 0.6 is 0 Å². The lowest BCUT2D eigenvalue weighted by Crippen LogP contribution is -2.14. The average molecular weight is 400 g/mol. The number of rotatable bonds is 7. The van der Waals surface area contributed by atoms with Crippen molar-refractivity contribution < 1.29 is 26.5 Å². The van der Waals surface area contributed by atoms with Gasteiger partial charge in [-0.05, 0) is 30.3 Å². The predicted octanol–water partition coefficient (Wildman–Crippen LogP) is 2.20. The molecule has 26 heavy (non-hydrogen) atoms. The first-order valence-corrected chi connectivity index (χ1v) is 10.4. The molecule has 9 nitrogen and oxygen atoms in total. The highest BCUT2D eigenvalue weighted by Gasteiger charge is 2.23. The second-order valence-corrected chi connectivity index (χ2v) is 9.05. The monoisotopic (exact) mass is 400 g/mol. The summed E-state index contributed by atoms with van der Waals surface area (Å²) in [7, 11) is -6.36. The molecule has 0 aliphatic carbocycles. The molecule has 0 saturated heterocycles. The van der Waals surface area contributed by atoms with Crippen molar-refractivity contribution in [2.75, 3.05) is 17.6 Å². The normalized spacial score (nSPS) is 11.8. The molecule has 11 heteroatoms. The van der Waals surface area contributed by atoms with E-state index in [0.717, 1.165) is 12.1 Å². The third-order valence-electron chi connectivity index (χ3n) is 3.49. The maximum absolute atomic E-state index is 12.6. The number of non-ortho nitro benzene ring substituents is 1. The van der Waals surface area contributed by atoms with E-state index < -0.39 is 35.4 Å². The van der Waals surface area contributed by atoms with E-state index in [1.54, 1.807) is 0 Å². The number of ether oxygens (including phenoxy) is 1. The number of nitro benzene ring substituents is 1. The molecule has 140 valence electrons. The van der Waals surface area contributed by atoms with Crippen LogP contribution in [0, 0.1) is 10.1 Å². The van der Waals surface area contributed by atoms with Crippen LogP contribution in [0.4, 0.5) is 11.4 Å². The Hall–Kier alpha value is -2.66. The van der Waals surface area contributed by atoms with E-state index in [4.69, 9.17) is 4.74 Å². The van der Waals surface area contributed by atoms with Crippen LogP contribution in [0.15, 0.2) is 52.3 Å². The minimum atomic E-state index is -4.19. The molecule has 0 aromatic heterocycles. The summed E-state index contributed by atoms with van der Waals surface area (Å²) in [6.07, 6.45) is 0. The van der Waals surface area contributed by atoms with Crippen molar-refractivity contribution in [2.45, 2.75) is 16.7 Å². The summed E-state index contributed by atoms with van der Waals surface area (Å²) in [4.78, 5) is 9.83. The summed E-state index contributed by atoms with van der Waals surface area (Å²) in [5.41, 5.74) is -0.302. The van der Waals surface area contributed by atoms with Gasteiger partial charge in [0.2, 0.25) is 0 Å². The van der Waals surface area contributed by atoms with Gasteiger partial charge in [0.05, 0.1) is 22.7 Å². The van der Waals surface area contributed by atoms with Gasteiger partial charge in [-0.25, -0.2) is 16.8 Å². The van der Waals surface area contributed by atoms with Crippen molar-refractivity contribution in [3.63, 3.8) is 0 Å². The van der Waals surface area contributed by atoms with Crippen LogP contribution < -0.4 is 9.46 Å². The second-order valence-electron chi connectivity index (χ2n) is 5.13. The van der Waals surface area contributed by atoms with E-state index in [9.17, 15) is 26.9 Å². The zero-order valence-electron chi connectivity index (χ0n) is 13.9. The molecule has 0 spiro atoms. The van der Waals surface area contributed by atoms with E-state index in [2.05, 4.69) is 4.72 Å². The van der Waals surface area contributed by atoms with E-state index >= 15 is 0 Å². The number of benzene rings is 2. The van der Waals surface area contributed by atoms with Crippen molar-refractivity contribution in [3.05, 3.63) is 52.6 Å². The Kier molecular flexibility index (Phi) is 5.52. The number of sulfonamides is 1. The molecule has 0 amide bonds. The summed E-state index contributed by atoms with van der Waals surface area (Å²) < 4.78 is 55.9. The Morgan fingerprint density at radius 3 is 2.19 bits per heavy atom. The Balaban J connectivity index is 2.40. The van der Waals surface area contributed by atoms with Gasteiger partial charge in [-0.3, -0.25) is 14.8 Å². The van der Waals surface area contributed by atoms with E-state index in [-0.39, 0.29) is 22.1 Å². The zero-order chi connectivity index (χ0) is 19.5. The first kappa shape index (κ1) is 19.7. The first-order valence-electron chi connectivity index (χ1n) is 7.29. The third kappa shape index (κ3) is 4.11. The van der Waals surface area contributed by atoms with Gasteiger partial charge in [-0.2, -0.15) is 0 Å². The lowest BCUT2D eigenvalue weighted by molar-refractivity contribution is -0.385. The molecule has 0 aliphatic heterocycles. The van der Waals surface area contributed by atoms with Crippen LogP contribution in [0.25, 0.3) is 0 Å². The zero-order valence-corrected chi connectivity index (χ0v) is 15.5. The van der Waals surface area contributed by atoms with Crippen LogP contribution in [-0.2, 0) is 19.9 Å². The highest BCUT2D eigenvalue weighted by Crippen LogP contribution is 2.30. The van der Waals surface area contributed by atoms with Gasteiger partial charge in [0.25, 0.3) is 15.7 Å². The quantitative estimate of drug-likeness (QED) is 0.556. The smallest absolute Gasteiger partial charge is 0.271 e. The lowest BCUT2D eigenvalue weighted by Gasteiger charge is -2.12. The number of nitrogens with zero attached hydrogens (tertiary/aromatic N) is 1. The standard InChI is InChI=1S/C15H16N2O7S2/c1-3-25(20,21)13-7-4-11(5-8-13)16-26(22,23)15-10-12(17(18)19)6-9-14(15)24-2/h4-10,16H,3H2,1-2H3. The summed E-state index contributed by atoms with van der Waals surface area (Å²) >= 11 is 0. The highest BCUT2D eigenvalue weighted by molar-refractivity contribution is 7.93. The largest absolute Gasteiger partial charge is 0.495 e. The first-order chi connectivity index (χ1) is 12.1. The molecule has 0 bridgehead atoms.